The Bertz CT molecular complexity index is 462. The average molecular weight is 403 g/mol. The van der Waals surface area contributed by atoms with Gasteiger partial charge in [-0.3, -0.25) is 0 Å². The molecule has 5 aliphatic rings. The molecule has 1 aliphatic heterocycles. The minimum atomic E-state index is 0.696. The van der Waals surface area contributed by atoms with Crippen LogP contribution in [0.5, 0.6) is 0 Å². The zero-order valence-corrected chi connectivity index (χ0v) is 19.5. The predicted molar refractivity (Wildman–Crippen MR) is 124 cm³/mol. The molecule has 5 fully saturated rings. The smallest absolute Gasteiger partial charge is 0.00000528 e. The first-order valence-corrected chi connectivity index (χ1v) is 14.5. The molecule has 1 saturated heterocycles. The van der Waals surface area contributed by atoms with Crippen LogP contribution in [0.15, 0.2) is 0 Å². The zero-order valence-electron chi connectivity index (χ0n) is 18.7. The third kappa shape index (κ3) is 2.90. The van der Waals surface area contributed by atoms with E-state index in [2.05, 4.69) is 11.8 Å². The van der Waals surface area contributed by atoms with Crippen molar-refractivity contribution in [3.8, 4) is 0 Å². The summed E-state index contributed by atoms with van der Waals surface area (Å²) in [4.78, 5) is 0. The van der Waals surface area contributed by atoms with Crippen LogP contribution in [0.1, 0.15) is 135 Å². The fraction of sp³-hybridized carbons (Fsp3) is 1.00. The van der Waals surface area contributed by atoms with Crippen LogP contribution in [0.2, 0.25) is 0 Å². The van der Waals surface area contributed by atoms with Crippen LogP contribution in [-0.2, 0) is 0 Å². The lowest BCUT2D eigenvalue weighted by molar-refractivity contribution is -0.208. The van der Waals surface area contributed by atoms with Gasteiger partial charge in [-0.25, -0.2) is 0 Å². The summed E-state index contributed by atoms with van der Waals surface area (Å²) in [6.07, 6.45) is 33.1. The Balaban J connectivity index is 1.68. The highest BCUT2D eigenvalue weighted by Crippen LogP contribution is 2.76. The molecule has 0 aromatic rings. The molecule has 1 heterocycles. The second-order valence-corrected chi connectivity index (χ2v) is 12.9. The third-order valence-electron chi connectivity index (χ3n) is 11.1. The third-order valence-corrected chi connectivity index (χ3v) is 12.4. The fourth-order valence-corrected chi connectivity index (χ4v) is 11.7. The number of hydrogen-bond donors (Lipinski definition) is 0. The van der Waals surface area contributed by atoms with E-state index in [4.69, 9.17) is 0 Å². The molecule has 0 amide bonds. The SMILES string of the molecule is C1CCC2(CC1)CCCCC1(CCCCC1)C1(CCCSC1)C21CCCCC1. The standard InChI is InChI=1S/C27H46S/c1-4-13-24(14-5-1)17-10-11-18-25(15-6-2-7-16-25)27(21-12-22-28-23-27)26(24)19-8-3-9-20-26/h1-23H2. The van der Waals surface area contributed by atoms with Crippen molar-refractivity contribution in [3.63, 3.8) is 0 Å². The van der Waals surface area contributed by atoms with Crippen molar-refractivity contribution in [1.82, 2.24) is 0 Å². The Morgan fingerprint density at radius 2 is 0.750 bits per heavy atom. The molecule has 0 radical (unpaired) electrons. The summed E-state index contributed by atoms with van der Waals surface area (Å²) in [5, 5.41) is 0. The average Bonchev–Trinajstić information content (AvgIpc) is 2.78. The lowest BCUT2D eigenvalue weighted by Crippen LogP contribution is -2.65. The van der Waals surface area contributed by atoms with E-state index in [1.54, 1.807) is 115 Å². The molecule has 5 rings (SSSR count). The van der Waals surface area contributed by atoms with Crippen LogP contribution in [0, 0.1) is 21.7 Å². The molecule has 4 saturated carbocycles. The van der Waals surface area contributed by atoms with E-state index in [1.807, 2.05) is 0 Å². The minimum Gasteiger partial charge on any atom is -0.161 e. The fourth-order valence-electron chi connectivity index (χ4n) is 10.1. The molecular weight excluding hydrogens is 356 g/mol. The monoisotopic (exact) mass is 402 g/mol. The van der Waals surface area contributed by atoms with E-state index < -0.39 is 0 Å². The summed E-state index contributed by atoms with van der Waals surface area (Å²) in [6, 6.07) is 0. The van der Waals surface area contributed by atoms with Gasteiger partial charge in [-0.2, -0.15) is 11.8 Å². The molecular formula is C27H46S. The molecule has 0 bridgehead atoms. The van der Waals surface area contributed by atoms with Crippen molar-refractivity contribution >= 4 is 11.8 Å². The maximum Gasteiger partial charge on any atom is 0.00000528 e. The van der Waals surface area contributed by atoms with Crippen molar-refractivity contribution in [1.29, 1.82) is 0 Å². The van der Waals surface area contributed by atoms with Crippen LogP contribution in [-0.4, -0.2) is 11.5 Å². The highest BCUT2D eigenvalue weighted by atomic mass is 32.2. The van der Waals surface area contributed by atoms with Crippen molar-refractivity contribution in [2.24, 2.45) is 21.7 Å². The number of fused-ring (bicyclic) bond motifs is 3. The predicted octanol–water partition coefficient (Wildman–Crippen LogP) is 8.93. The lowest BCUT2D eigenvalue weighted by Gasteiger charge is -2.72. The molecule has 0 aromatic heterocycles. The Hall–Kier alpha value is 0.350. The minimum absolute atomic E-state index is 0.696. The van der Waals surface area contributed by atoms with Crippen LogP contribution < -0.4 is 0 Å². The summed E-state index contributed by atoms with van der Waals surface area (Å²) in [6.45, 7) is 0. The molecule has 160 valence electrons. The zero-order chi connectivity index (χ0) is 19.0. The van der Waals surface area contributed by atoms with Gasteiger partial charge >= 0.3 is 0 Å². The van der Waals surface area contributed by atoms with Crippen LogP contribution in [0.25, 0.3) is 0 Å². The van der Waals surface area contributed by atoms with Gasteiger partial charge in [-0.05, 0) is 91.6 Å². The second kappa shape index (κ2) is 8.12. The van der Waals surface area contributed by atoms with E-state index in [9.17, 15) is 0 Å². The molecule has 28 heavy (non-hydrogen) atoms. The summed E-state index contributed by atoms with van der Waals surface area (Å²) >= 11 is 2.40. The van der Waals surface area contributed by atoms with Gasteiger partial charge in [-0.1, -0.05) is 70.6 Å². The summed E-state index contributed by atoms with van der Waals surface area (Å²) in [5.41, 5.74) is 2.86. The van der Waals surface area contributed by atoms with E-state index in [-0.39, 0.29) is 0 Å². The maximum absolute atomic E-state index is 2.40. The van der Waals surface area contributed by atoms with Gasteiger partial charge in [0.05, 0.1) is 0 Å². The number of rotatable bonds is 0. The second-order valence-electron chi connectivity index (χ2n) is 11.8. The summed E-state index contributed by atoms with van der Waals surface area (Å²) in [5.74, 6) is 3.01. The van der Waals surface area contributed by atoms with Crippen molar-refractivity contribution in [2.75, 3.05) is 11.5 Å². The van der Waals surface area contributed by atoms with Crippen LogP contribution in [0.3, 0.4) is 0 Å². The van der Waals surface area contributed by atoms with Crippen LogP contribution in [0.4, 0.5) is 0 Å². The van der Waals surface area contributed by atoms with Gasteiger partial charge in [0.1, 0.15) is 0 Å². The largest absolute Gasteiger partial charge is 0.161 e. The normalized spacial score (nSPS) is 37.7. The molecule has 1 heteroatoms. The molecule has 1 unspecified atom stereocenters. The van der Waals surface area contributed by atoms with Crippen molar-refractivity contribution in [2.45, 2.75) is 135 Å². The Kier molecular flexibility index (Phi) is 5.88. The Morgan fingerprint density at radius 1 is 0.357 bits per heavy atom. The van der Waals surface area contributed by atoms with Crippen LogP contribution >= 0.6 is 11.8 Å². The highest BCUT2D eigenvalue weighted by molar-refractivity contribution is 7.99. The molecule has 0 nitrogen and oxygen atoms in total. The van der Waals surface area contributed by atoms with Gasteiger partial charge in [0.25, 0.3) is 0 Å². The molecule has 1 atom stereocenters. The van der Waals surface area contributed by atoms with Gasteiger partial charge in [-0.15, -0.1) is 0 Å². The van der Waals surface area contributed by atoms with E-state index >= 15 is 0 Å². The first kappa shape index (κ1) is 20.3. The molecule has 4 spiro atoms. The Morgan fingerprint density at radius 3 is 1.21 bits per heavy atom. The summed E-state index contributed by atoms with van der Waals surface area (Å²) in [7, 11) is 0. The van der Waals surface area contributed by atoms with Crippen molar-refractivity contribution < 1.29 is 0 Å². The number of thioether (sulfide) groups is 1. The summed E-state index contributed by atoms with van der Waals surface area (Å²) < 4.78 is 0. The van der Waals surface area contributed by atoms with Crippen molar-refractivity contribution in [3.05, 3.63) is 0 Å². The topological polar surface area (TPSA) is 0 Å². The first-order valence-electron chi connectivity index (χ1n) is 13.4. The maximum atomic E-state index is 2.40. The van der Waals surface area contributed by atoms with E-state index in [0.29, 0.717) is 10.8 Å². The first-order chi connectivity index (χ1) is 13.8. The van der Waals surface area contributed by atoms with E-state index in [0.717, 1.165) is 10.8 Å². The molecule has 4 aliphatic carbocycles. The van der Waals surface area contributed by atoms with Gasteiger partial charge in [0, 0.05) is 5.75 Å². The highest BCUT2D eigenvalue weighted by Gasteiger charge is 2.68. The number of hydrogen-bond acceptors (Lipinski definition) is 1. The van der Waals surface area contributed by atoms with Gasteiger partial charge in [0.2, 0.25) is 0 Å². The quantitative estimate of drug-likeness (QED) is 0.389. The van der Waals surface area contributed by atoms with Gasteiger partial charge in [0.15, 0.2) is 0 Å². The van der Waals surface area contributed by atoms with Gasteiger partial charge < -0.3 is 0 Å². The molecule has 0 N–H and O–H groups in total. The van der Waals surface area contributed by atoms with E-state index in [1.165, 1.54) is 31.4 Å². The molecule has 0 aromatic carbocycles. The lowest BCUT2D eigenvalue weighted by atomic mass is 9.34. The Labute approximate surface area is 179 Å².